The van der Waals surface area contributed by atoms with Gasteiger partial charge in [-0.3, -0.25) is 9.59 Å². The summed E-state index contributed by atoms with van der Waals surface area (Å²) in [7, 11) is 1.64. The molecule has 1 rings (SSSR count). The fraction of sp³-hybridized carbons (Fsp3) is 0.714. The first-order chi connectivity index (χ1) is 15.6. The first kappa shape index (κ1) is 29.0. The van der Waals surface area contributed by atoms with E-state index in [9.17, 15) is 9.59 Å². The summed E-state index contributed by atoms with van der Waals surface area (Å²) in [5.74, 6) is 0.692. The Bertz CT molecular complexity index is 750. The van der Waals surface area contributed by atoms with Crippen LogP contribution in [0.15, 0.2) is 6.07 Å². The van der Waals surface area contributed by atoms with Crippen molar-refractivity contribution in [1.29, 1.82) is 0 Å². The molecule has 0 radical (unpaired) electrons. The minimum Gasteiger partial charge on any atom is -0.494 e. The normalized spacial score (nSPS) is 11.4. The summed E-state index contributed by atoms with van der Waals surface area (Å²) in [6.07, 6.45) is 12.1. The molecule has 0 fully saturated rings. The molecule has 0 aliphatic heterocycles. The largest absolute Gasteiger partial charge is 0.494 e. The molecule has 188 valence electrons. The molecule has 0 aromatic heterocycles. The van der Waals surface area contributed by atoms with Crippen molar-refractivity contribution in [3.63, 3.8) is 0 Å². The molecule has 0 aliphatic rings. The van der Waals surface area contributed by atoms with Gasteiger partial charge in [-0.05, 0) is 36.8 Å². The van der Waals surface area contributed by atoms with Crippen molar-refractivity contribution in [3.8, 4) is 5.75 Å². The third kappa shape index (κ3) is 10.2. The highest BCUT2D eigenvalue weighted by Gasteiger charge is 2.26. The van der Waals surface area contributed by atoms with Gasteiger partial charge in [0.05, 0.1) is 12.8 Å². The van der Waals surface area contributed by atoms with E-state index < -0.39 is 0 Å². The SMILES string of the molecule is CCCCCCCC(=O)Nc1cc(C(C)(C)C)c(OC)c(NC(=O)CCCCCCC)c1C. The zero-order valence-electron chi connectivity index (χ0n) is 22.3. The number of amides is 2. The summed E-state index contributed by atoms with van der Waals surface area (Å²) < 4.78 is 5.78. The van der Waals surface area contributed by atoms with Crippen LogP contribution in [0.25, 0.3) is 0 Å². The number of anilines is 2. The van der Waals surface area contributed by atoms with Gasteiger partial charge in [0.25, 0.3) is 0 Å². The molecule has 5 nitrogen and oxygen atoms in total. The van der Waals surface area contributed by atoms with Gasteiger partial charge in [-0.2, -0.15) is 0 Å². The maximum atomic E-state index is 12.7. The molecule has 0 heterocycles. The summed E-state index contributed by atoms with van der Waals surface area (Å²) >= 11 is 0. The molecule has 0 spiro atoms. The van der Waals surface area contributed by atoms with Gasteiger partial charge in [0.1, 0.15) is 5.75 Å². The average Bonchev–Trinajstić information content (AvgIpc) is 2.75. The number of hydrogen-bond donors (Lipinski definition) is 2. The molecule has 0 unspecified atom stereocenters. The summed E-state index contributed by atoms with van der Waals surface area (Å²) in [5, 5.41) is 6.20. The van der Waals surface area contributed by atoms with Crippen molar-refractivity contribution in [1.82, 2.24) is 0 Å². The van der Waals surface area contributed by atoms with E-state index in [0.717, 1.165) is 42.5 Å². The van der Waals surface area contributed by atoms with Crippen LogP contribution in [-0.2, 0) is 15.0 Å². The van der Waals surface area contributed by atoms with Crippen molar-refractivity contribution in [2.75, 3.05) is 17.7 Å². The second-order valence-electron chi connectivity index (χ2n) is 10.2. The van der Waals surface area contributed by atoms with Crippen LogP contribution in [0.2, 0.25) is 0 Å². The Morgan fingerprint density at radius 1 is 0.818 bits per heavy atom. The van der Waals surface area contributed by atoms with Crippen LogP contribution in [-0.4, -0.2) is 18.9 Å². The van der Waals surface area contributed by atoms with Crippen molar-refractivity contribution >= 4 is 23.2 Å². The van der Waals surface area contributed by atoms with Gasteiger partial charge in [-0.15, -0.1) is 0 Å². The van der Waals surface area contributed by atoms with E-state index in [-0.39, 0.29) is 17.2 Å². The lowest BCUT2D eigenvalue weighted by atomic mass is 9.84. The van der Waals surface area contributed by atoms with E-state index in [1.54, 1.807) is 7.11 Å². The molecule has 0 bridgehead atoms. The molecule has 0 aliphatic carbocycles. The zero-order valence-corrected chi connectivity index (χ0v) is 22.3. The standard InChI is InChI=1S/C28H48N2O3/c1-8-10-12-14-16-18-24(31)29-23-20-22(28(4,5)6)27(33-7)26(21(23)3)30-25(32)19-17-15-13-11-9-2/h20H,8-19H2,1-7H3,(H,29,31)(H,30,32). The molecule has 1 aromatic carbocycles. The van der Waals surface area contributed by atoms with Crippen molar-refractivity contribution in [3.05, 3.63) is 17.2 Å². The van der Waals surface area contributed by atoms with Gasteiger partial charge in [-0.1, -0.05) is 86.0 Å². The molecular weight excluding hydrogens is 412 g/mol. The van der Waals surface area contributed by atoms with Crippen LogP contribution in [0.5, 0.6) is 5.75 Å². The molecular formula is C28H48N2O3. The van der Waals surface area contributed by atoms with Gasteiger partial charge in [-0.25, -0.2) is 0 Å². The van der Waals surface area contributed by atoms with Crippen LogP contribution >= 0.6 is 0 Å². The molecule has 1 aromatic rings. The van der Waals surface area contributed by atoms with E-state index in [1.165, 1.54) is 38.5 Å². The Hall–Kier alpha value is -2.04. The Balaban J connectivity index is 3.04. The number of unbranched alkanes of at least 4 members (excludes halogenated alkanes) is 8. The van der Waals surface area contributed by atoms with E-state index in [0.29, 0.717) is 24.3 Å². The van der Waals surface area contributed by atoms with Crippen LogP contribution < -0.4 is 15.4 Å². The third-order valence-electron chi connectivity index (χ3n) is 6.10. The van der Waals surface area contributed by atoms with Gasteiger partial charge in [0.15, 0.2) is 0 Å². The molecule has 5 heteroatoms. The van der Waals surface area contributed by atoms with Gasteiger partial charge in [0, 0.05) is 24.1 Å². The van der Waals surface area contributed by atoms with Crippen LogP contribution in [0.4, 0.5) is 11.4 Å². The molecule has 33 heavy (non-hydrogen) atoms. The lowest BCUT2D eigenvalue weighted by Crippen LogP contribution is -2.20. The van der Waals surface area contributed by atoms with E-state index in [2.05, 4.69) is 45.3 Å². The second-order valence-corrected chi connectivity index (χ2v) is 10.2. The first-order valence-corrected chi connectivity index (χ1v) is 13.0. The van der Waals surface area contributed by atoms with Crippen LogP contribution in [0.1, 0.15) is 123 Å². The number of carbonyl (C=O) groups is 2. The van der Waals surface area contributed by atoms with Crippen LogP contribution in [0.3, 0.4) is 0 Å². The highest BCUT2D eigenvalue weighted by atomic mass is 16.5. The molecule has 2 N–H and O–H groups in total. The maximum Gasteiger partial charge on any atom is 0.224 e. The lowest BCUT2D eigenvalue weighted by molar-refractivity contribution is -0.117. The predicted molar refractivity (Wildman–Crippen MR) is 140 cm³/mol. The van der Waals surface area contributed by atoms with Gasteiger partial charge < -0.3 is 15.4 Å². The van der Waals surface area contributed by atoms with Crippen molar-refractivity contribution in [2.45, 2.75) is 124 Å². The average molecular weight is 461 g/mol. The zero-order chi connectivity index (χ0) is 24.9. The molecule has 2 amide bonds. The highest BCUT2D eigenvalue weighted by molar-refractivity contribution is 5.98. The number of carbonyl (C=O) groups excluding carboxylic acids is 2. The number of nitrogens with one attached hydrogen (secondary N) is 2. The van der Waals surface area contributed by atoms with E-state index in [4.69, 9.17) is 4.74 Å². The predicted octanol–water partition coefficient (Wildman–Crippen LogP) is 7.90. The highest BCUT2D eigenvalue weighted by Crippen LogP contribution is 2.43. The second kappa shape index (κ2) is 15.0. The van der Waals surface area contributed by atoms with E-state index in [1.807, 2.05) is 13.0 Å². The third-order valence-corrected chi connectivity index (χ3v) is 6.10. The van der Waals surface area contributed by atoms with E-state index >= 15 is 0 Å². The Kier molecular flexibility index (Phi) is 13.2. The number of ether oxygens (including phenoxy) is 1. The Morgan fingerprint density at radius 2 is 1.30 bits per heavy atom. The summed E-state index contributed by atoms with van der Waals surface area (Å²) in [5.41, 5.74) is 3.00. The first-order valence-electron chi connectivity index (χ1n) is 13.0. The minimum atomic E-state index is -0.210. The number of hydrogen-bond acceptors (Lipinski definition) is 3. The fourth-order valence-corrected chi connectivity index (χ4v) is 4.00. The monoisotopic (exact) mass is 460 g/mol. The fourth-order valence-electron chi connectivity index (χ4n) is 4.00. The van der Waals surface area contributed by atoms with Crippen molar-refractivity contribution in [2.24, 2.45) is 0 Å². The summed E-state index contributed by atoms with van der Waals surface area (Å²) in [6.45, 7) is 12.6. The topological polar surface area (TPSA) is 67.4 Å². The van der Waals surface area contributed by atoms with Gasteiger partial charge >= 0.3 is 0 Å². The Labute approximate surface area is 202 Å². The number of benzene rings is 1. The maximum absolute atomic E-state index is 12.7. The number of rotatable bonds is 15. The lowest BCUT2D eigenvalue weighted by Gasteiger charge is -2.27. The molecule has 0 atom stereocenters. The van der Waals surface area contributed by atoms with Crippen molar-refractivity contribution < 1.29 is 14.3 Å². The number of methoxy groups -OCH3 is 1. The molecule has 0 saturated carbocycles. The smallest absolute Gasteiger partial charge is 0.224 e. The minimum absolute atomic E-state index is 0.00726. The summed E-state index contributed by atoms with van der Waals surface area (Å²) in [6, 6.07) is 2.00. The summed E-state index contributed by atoms with van der Waals surface area (Å²) in [4.78, 5) is 25.4. The molecule has 0 saturated heterocycles. The van der Waals surface area contributed by atoms with Crippen LogP contribution in [0, 0.1) is 6.92 Å². The quantitative estimate of drug-likeness (QED) is 0.261. The Morgan fingerprint density at radius 3 is 1.76 bits per heavy atom. The van der Waals surface area contributed by atoms with Gasteiger partial charge in [0.2, 0.25) is 11.8 Å².